The van der Waals surface area contributed by atoms with Crippen LogP contribution in [0.4, 0.5) is 4.79 Å². The minimum Gasteiger partial charge on any atom is -0.516 e. The van der Waals surface area contributed by atoms with E-state index >= 15 is 0 Å². The van der Waals surface area contributed by atoms with E-state index in [4.69, 9.17) is 21.4 Å². The molecule has 1 aliphatic heterocycles. The summed E-state index contributed by atoms with van der Waals surface area (Å²) in [6.45, 7) is 3.16. The Labute approximate surface area is 182 Å². The second kappa shape index (κ2) is 10.5. The van der Waals surface area contributed by atoms with Crippen molar-refractivity contribution >= 4 is 17.7 Å². The number of hydrogen-bond acceptors (Lipinski definition) is 3. The zero-order valence-corrected chi connectivity index (χ0v) is 17.9. The van der Waals surface area contributed by atoms with E-state index in [9.17, 15) is 9.90 Å². The Bertz CT molecular complexity index is 899. The van der Waals surface area contributed by atoms with Gasteiger partial charge in [0, 0.05) is 23.0 Å². The van der Waals surface area contributed by atoms with Gasteiger partial charge in [0.2, 0.25) is 0 Å². The molecular formula is C24H28ClNO4. The molecule has 1 fully saturated rings. The summed E-state index contributed by atoms with van der Waals surface area (Å²) in [6, 6.07) is 14.2. The molecule has 2 atom stereocenters. The number of aryl methyl sites for hydroxylation is 1. The molecular weight excluding hydrogens is 402 g/mol. The van der Waals surface area contributed by atoms with Gasteiger partial charge in [-0.3, -0.25) is 0 Å². The zero-order valence-electron chi connectivity index (χ0n) is 17.1. The van der Waals surface area contributed by atoms with Gasteiger partial charge in [-0.15, -0.1) is 0 Å². The van der Waals surface area contributed by atoms with E-state index in [1.54, 1.807) is 6.08 Å². The number of allylic oxidation sites excluding steroid dienone is 1. The molecule has 1 aliphatic rings. The Kier molecular flexibility index (Phi) is 7.77. The van der Waals surface area contributed by atoms with E-state index in [1.165, 1.54) is 10.5 Å². The molecule has 1 unspecified atom stereocenters. The van der Waals surface area contributed by atoms with Gasteiger partial charge in [-0.2, -0.15) is 0 Å². The van der Waals surface area contributed by atoms with Gasteiger partial charge in [0.15, 0.2) is 0 Å². The average molecular weight is 430 g/mol. The number of halogens is 1. The van der Waals surface area contributed by atoms with Crippen molar-refractivity contribution in [1.82, 2.24) is 4.90 Å². The van der Waals surface area contributed by atoms with Crippen LogP contribution in [0.25, 0.3) is 11.1 Å². The normalized spacial score (nSPS) is 17.9. The molecule has 0 aliphatic carbocycles. The Hall–Kier alpha value is -2.50. The van der Waals surface area contributed by atoms with Gasteiger partial charge in [0.25, 0.3) is 0 Å². The smallest absolute Gasteiger partial charge is 0.407 e. The molecule has 3 rings (SSSR count). The van der Waals surface area contributed by atoms with Crippen molar-refractivity contribution in [2.24, 2.45) is 0 Å². The highest BCUT2D eigenvalue weighted by Gasteiger charge is 2.32. The molecule has 0 saturated carbocycles. The van der Waals surface area contributed by atoms with Crippen molar-refractivity contribution in [3.63, 3.8) is 0 Å². The predicted molar refractivity (Wildman–Crippen MR) is 119 cm³/mol. The summed E-state index contributed by atoms with van der Waals surface area (Å²) in [7, 11) is 0. The first kappa shape index (κ1) is 22.2. The minimum atomic E-state index is -0.931. The van der Waals surface area contributed by atoms with Gasteiger partial charge >= 0.3 is 6.09 Å². The summed E-state index contributed by atoms with van der Waals surface area (Å²) in [4.78, 5) is 12.9. The first-order chi connectivity index (χ1) is 14.5. The maximum absolute atomic E-state index is 11.5. The Morgan fingerprint density at radius 1 is 1.33 bits per heavy atom. The molecule has 2 aromatic carbocycles. The van der Waals surface area contributed by atoms with Crippen molar-refractivity contribution in [3.8, 4) is 11.1 Å². The fourth-order valence-electron chi connectivity index (χ4n) is 4.09. The Balaban J connectivity index is 2.04. The maximum atomic E-state index is 11.5. The molecule has 2 N–H and O–H groups in total. The number of hydrogen-bond donors (Lipinski definition) is 2. The lowest BCUT2D eigenvalue weighted by atomic mass is 9.83. The molecule has 1 heterocycles. The summed E-state index contributed by atoms with van der Waals surface area (Å²) in [5.41, 5.74) is 4.27. The molecule has 0 radical (unpaired) electrons. The lowest BCUT2D eigenvalue weighted by molar-refractivity contribution is -0.0359. The van der Waals surface area contributed by atoms with Gasteiger partial charge in [0.05, 0.1) is 25.5 Å². The second-order valence-corrected chi connectivity index (χ2v) is 7.87. The molecule has 0 aromatic heterocycles. The minimum absolute atomic E-state index is 0.0673. The number of carbonyl (C=O) groups is 1. The number of benzene rings is 2. The lowest BCUT2D eigenvalue weighted by Crippen LogP contribution is -2.47. The number of amides is 1. The Morgan fingerprint density at radius 2 is 2.13 bits per heavy atom. The fraction of sp³-hybridized carbons (Fsp3) is 0.375. The van der Waals surface area contributed by atoms with Crippen molar-refractivity contribution in [2.75, 3.05) is 19.7 Å². The topological polar surface area (TPSA) is 70.0 Å². The largest absolute Gasteiger partial charge is 0.516 e. The van der Waals surface area contributed by atoms with Gasteiger partial charge in [-0.05, 0) is 42.0 Å². The number of ether oxygens (including phenoxy) is 1. The highest BCUT2D eigenvalue weighted by atomic mass is 35.5. The van der Waals surface area contributed by atoms with Crippen LogP contribution in [0.1, 0.15) is 36.8 Å². The van der Waals surface area contributed by atoms with Crippen LogP contribution in [0.5, 0.6) is 0 Å². The van der Waals surface area contributed by atoms with E-state index in [0.717, 1.165) is 29.4 Å². The van der Waals surface area contributed by atoms with Crippen LogP contribution in [0.3, 0.4) is 0 Å². The standard InChI is InChI=1S/C24H28ClNO4/c1-2-17-7-5-8-18(15-17)23-20(10-6-11-21(23)25)19(9-3-4-13-27)22-16-26(24(28)29)12-14-30-22/h4-8,10-11,13,15,19,22,27H,2-3,9,12,14,16H2,1H3,(H,28,29)/t19-,22?/m1/s1. The predicted octanol–water partition coefficient (Wildman–Crippen LogP) is 5.88. The number of aliphatic hydroxyl groups is 1. The summed E-state index contributed by atoms with van der Waals surface area (Å²) in [5.74, 6) is -0.0673. The van der Waals surface area contributed by atoms with E-state index in [-0.39, 0.29) is 12.0 Å². The van der Waals surface area contributed by atoms with Crippen LogP contribution in [-0.2, 0) is 11.2 Å². The molecule has 2 aromatic rings. The lowest BCUT2D eigenvalue weighted by Gasteiger charge is -2.36. The first-order valence-electron chi connectivity index (χ1n) is 10.3. The number of aliphatic hydroxyl groups excluding tert-OH is 1. The van der Waals surface area contributed by atoms with Gasteiger partial charge in [0.1, 0.15) is 0 Å². The van der Waals surface area contributed by atoms with E-state index in [1.807, 2.05) is 18.2 Å². The third-order valence-electron chi connectivity index (χ3n) is 5.63. The van der Waals surface area contributed by atoms with Gasteiger partial charge in [-0.25, -0.2) is 4.79 Å². The molecule has 1 saturated heterocycles. The first-order valence-corrected chi connectivity index (χ1v) is 10.7. The molecule has 30 heavy (non-hydrogen) atoms. The summed E-state index contributed by atoms with van der Waals surface area (Å²) < 4.78 is 6.05. The number of nitrogens with zero attached hydrogens (tertiary/aromatic N) is 1. The van der Waals surface area contributed by atoms with Crippen LogP contribution in [-0.4, -0.2) is 47.0 Å². The molecule has 160 valence electrons. The van der Waals surface area contributed by atoms with Crippen LogP contribution < -0.4 is 0 Å². The Morgan fingerprint density at radius 3 is 2.87 bits per heavy atom. The van der Waals surface area contributed by atoms with Crippen LogP contribution in [0.2, 0.25) is 5.02 Å². The number of morpholine rings is 1. The molecule has 0 spiro atoms. The van der Waals surface area contributed by atoms with Gasteiger partial charge in [-0.1, -0.05) is 61.0 Å². The van der Waals surface area contributed by atoms with E-state index in [2.05, 4.69) is 31.2 Å². The van der Waals surface area contributed by atoms with Crippen molar-refractivity contribution in [1.29, 1.82) is 0 Å². The third-order valence-corrected chi connectivity index (χ3v) is 5.95. The summed E-state index contributed by atoms with van der Waals surface area (Å²) in [6.07, 6.45) is 3.81. The highest BCUT2D eigenvalue weighted by molar-refractivity contribution is 6.33. The summed E-state index contributed by atoms with van der Waals surface area (Å²) in [5, 5.41) is 19.2. The number of rotatable bonds is 7. The fourth-order valence-corrected chi connectivity index (χ4v) is 4.38. The highest BCUT2D eigenvalue weighted by Crippen LogP contribution is 2.40. The molecule has 6 heteroatoms. The van der Waals surface area contributed by atoms with Gasteiger partial charge < -0.3 is 19.8 Å². The van der Waals surface area contributed by atoms with Crippen molar-refractivity contribution < 1.29 is 19.7 Å². The molecule has 0 bridgehead atoms. The third kappa shape index (κ3) is 5.15. The van der Waals surface area contributed by atoms with E-state index < -0.39 is 6.09 Å². The monoisotopic (exact) mass is 429 g/mol. The number of carboxylic acid groups (broad SMARTS) is 1. The second-order valence-electron chi connectivity index (χ2n) is 7.46. The van der Waals surface area contributed by atoms with E-state index in [0.29, 0.717) is 37.6 Å². The molecule has 5 nitrogen and oxygen atoms in total. The quantitative estimate of drug-likeness (QED) is 0.539. The van der Waals surface area contributed by atoms with Crippen molar-refractivity contribution in [3.05, 3.63) is 71.0 Å². The SMILES string of the molecule is CCc1cccc(-c2c(Cl)cccc2[C@@H](CCC=CO)C2CN(C(=O)O)CCO2)c1. The van der Waals surface area contributed by atoms with Crippen LogP contribution in [0.15, 0.2) is 54.8 Å². The van der Waals surface area contributed by atoms with Crippen LogP contribution in [0, 0.1) is 0 Å². The summed E-state index contributed by atoms with van der Waals surface area (Å²) >= 11 is 6.68. The zero-order chi connectivity index (χ0) is 21.5. The van der Waals surface area contributed by atoms with Crippen LogP contribution >= 0.6 is 11.6 Å². The molecule has 1 amide bonds. The maximum Gasteiger partial charge on any atom is 0.407 e. The average Bonchev–Trinajstić information content (AvgIpc) is 2.76. The van der Waals surface area contributed by atoms with Crippen molar-refractivity contribution in [2.45, 2.75) is 38.2 Å².